The van der Waals surface area contributed by atoms with E-state index >= 15 is 4.39 Å². The summed E-state index contributed by atoms with van der Waals surface area (Å²) in [6.45, 7) is 0.235. The Hall–Kier alpha value is -3.78. The van der Waals surface area contributed by atoms with Gasteiger partial charge in [0, 0.05) is 44.0 Å². The third-order valence-corrected chi connectivity index (χ3v) is 5.87. The first-order chi connectivity index (χ1) is 17.2. The van der Waals surface area contributed by atoms with Crippen LogP contribution in [0.5, 0.6) is 5.75 Å². The van der Waals surface area contributed by atoms with Crippen LogP contribution < -0.4 is 4.74 Å². The number of amides is 1. The molecule has 0 radical (unpaired) electrons. The molecule has 4 aromatic rings. The van der Waals surface area contributed by atoms with Gasteiger partial charge in [-0.2, -0.15) is 5.10 Å². The maximum Gasteiger partial charge on any atom is 0.256 e. The lowest BCUT2D eigenvalue weighted by molar-refractivity contribution is 0.0764. The Balaban J connectivity index is 1.50. The number of aromatic nitrogens is 3. The van der Waals surface area contributed by atoms with E-state index in [1.165, 1.54) is 18.3 Å². The Morgan fingerprint density at radius 1 is 1.21 bits per heavy atom. The summed E-state index contributed by atoms with van der Waals surface area (Å²) in [6, 6.07) is 10.1. The summed E-state index contributed by atoms with van der Waals surface area (Å²) in [4.78, 5) is 18.0. The summed E-state index contributed by atoms with van der Waals surface area (Å²) in [5.41, 5.74) is 3.21. The quantitative estimate of drug-likeness (QED) is 0.384. The first kappa shape index (κ1) is 19.7. The SMILES string of the molecule is [2H]C1([2H])c2ncccc2C(=O)N1Cc1c(C)cc(-c2ccc(OCCOC)c3nn(C)cc23)cc1F. The molecule has 0 atom stereocenters. The molecule has 1 aliphatic heterocycles. The second-order valence-electron chi connectivity index (χ2n) is 8.17. The summed E-state index contributed by atoms with van der Waals surface area (Å²) in [5.74, 6) is -0.412. The second-order valence-corrected chi connectivity index (χ2v) is 8.17. The van der Waals surface area contributed by atoms with Gasteiger partial charge in [-0.05, 0) is 53.9 Å². The average molecular weight is 463 g/mol. The molecule has 0 N–H and O–H groups in total. The summed E-state index contributed by atoms with van der Waals surface area (Å²) >= 11 is 0. The molecule has 0 unspecified atom stereocenters. The van der Waals surface area contributed by atoms with Crippen molar-refractivity contribution in [2.75, 3.05) is 20.3 Å². The van der Waals surface area contributed by atoms with Gasteiger partial charge in [0.05, 0.1) is 27.1 Å². The first-order valence-electron chi connectivity index (χ1n) is 11.9. The van der Waals surface area contributed by atoms with Gasteiger partial charge in [-0.3, -0.25) is 14.5 Å². The minimum atomic E-state index is -2.13. The van der Waals surface area contributed by atoms with Crippen LogP contribution in [0.4, 0.5) is 4.39 Å². The molecule has 0 saturated heterocycles. The first-order valence-corrected chi connectivity index (χ1v) is 10.9. The Kier molecular flexibility index (Phi) is 5.13. The fourth-order valence-electron chi connectivity index (χ4n) is 4.19. The molecule has 0 spiro atoms. The number of aryl methyl sites for hydroxylation is 2. The van der Waals surface area contributed by atoms with Crippen LogP contribution in [0.25, 0.3) is 22.0 Å². The van der Waals surface area contributed by atoms with Crippen molar-refractivity contribution in [1.82, 2.24) is 19.7 Å². The lowest BCUT2D eigenvalue weighted by Gasteiger charge is -2.18. The number of rotatable bonds is 7. The fraction of sp³-hybridized carbons (Fsp3) is 0.269. The van der Waals surface area contributed by atoms with Crippen LogP contribution in [0.2, 0.25) is 0 Å². The predicted octanol–water partition coefficient (Wildman–Crippen LogP) is 4.26. The van der Waals surface area contributed by atoms with E-state index in [9.17, 15) is 4.79 Å². The van der Waals surface area contributed by atoms with Crippen LogP contribution in [-0.4, -0.2) is 45.9 Å². The van der Waals surface area contributed by atoms with E-state index < -0.39 is 18.2 Å². The van der Waals surface area contributed by atoms with Gasteiger partial charge in [-0.1, -0.05) is 6.07 Å². The van der Waals surface area contributed by atoms with Gasteiger partial charge >= 0.3 is 0 Å². The summed E-state index contributed by atoms with van der Waals surface area (Å²) in [6.07, 6.45) is 3.30. The number of fused-ring (bicyclic) bond motifs is 2. The fourth-order valence-corrected chi connectivity index (χ4v) is 4.19. The summed E-state index contributed by atoms with van der Waals surface area (Å²) in [7, 11) is 3.41. The molecule has 1 amide bonds. The van der Waals surface area contributed by atoms with Gasteiger partial charge in [-0.25, -0.2) is 4.39 Å². The van der Waals surface area contributed by atoms with Crippen LogP contribution in [0.1, 0.15) is 29.9 Å². The second kappa shape index (κ2) is 8.87. The number of carbonyl (C=O) groups is 1. The van der Waals surface area contributed by atoms with Gasteiger partial charge in [0.15, 0.2) is 0 Å². The molecule has 2 aromatic carbocycles. The number of methoxy groups -OCH3 is 1. The number of hydrogen-bond donors (Lipinski definition) is 0. The highest BCUT2D eigenvalue weighted by Crippen LogP contribution is 2.35. The van der Waals surface area contributed by atoms with Crippen molar-refractivity contribution in [3.63, 3.8) is 0 Å². The number of pyridine rings is 1. The van der Waals surface area contributed by atoms with Crippen molar-refractivity contribution in [2.24, 2.45) is 7.05 Å². The Bertz CT molecular complexity index is 1460. The lowest BCUT2D eigenvalue weighted by Crippen LogP contribution is -2.24. The average Bonchev–Trinajstić information content (AvgIpc) is 3.32. The third-order valence-electron chi connectivity index (χ3n) is 5.87. The van der Waals surface area contributed by atoms with Crippen molar-refractivity contribution >= 4 is 16.8 Å². The highest BCUT2D eigenvalue weighted by Gasteiger charge is 2.29. The van der Waals surface area contributed by atoms with Crippen molar-refractivity contribution in [1.29, 1.82) is 0 Å². The molecule has 0 saturated carbocycles. The zero-order valence-corrected chi connectivity index (χ0v) is 19.1. The molecule has 174 valence electrons. The van der Waals surface area contributed by atoms with Crippen LogP contribution in [0.15, 0.2) is 48.8 Å². The van der Waals surface area contributed by atoms with Gasteiger partial charge in [0.25, 0.3) is 5.91 Å². The van der Waals surface area contributed by atoms with Crippen molar-refractivity contribution in [3.8, 4) is 16.9 Å². The Morgan fingerprint density at radius 3 is 2.82 bits per heavy atom. The topological polar surface area (TPSA) is 69.5 Å². The van der Waals surface area contributed by atoms with Gasteiger partial charge in [0.1, 0.15) is 23.7 Å². The molecular formula is C26H25FN4O3. The van der Waals surface area contributed by atoms with Crippen LogP contribution in [-0.2, 0) is 24.8 Å². The number of carbonyl (C=O) groups excluding carboxylic acids is 1. The van der Waals surface area contributed by atoms with E-state index in [1.807, 2.05) is 31.4 Å². The molecule has 34 heavy (non-hydrogen) atoms. The minimum Gasteiger partial charge on any atom is -0.489 e. The highest BCUT2D eigenvalue weighted by molar-refractivity contribution is 5.98. The third kappa shape index (κ3) is 3.90. The van der Waals surface area contributed by atoms with Crippen molar-refractivity contribution in [2.45, 2.75) is 20.0 Å². The van der Waals surface area contributed by atoms with Crippen LogP contribution >= 0.6 is 0 Å². The van der Waals surface area contributed by atoms with Crippen LogP contribution in [0.3, 0.4) is 0 Å². The molecule has 7 nitrogen and oxygen atoms in total. The van der Waals surface area contributed by atoms with E-state index in [-0.39, 0.29) is 23.4 Å². The van der Waals surface area contributed by atoms with Gasteiger partial charge in [-0.15, -0.1) is 0 Å². The van der Waals surface area contributed by atoms with E-state index in [2.05, 4.69) is 10.1 Å². The normalized spacial score (nSPS) is 15.4. The number of hydrogen-bond acceptors (Lipinski definition) is 5. The van der Waals surface area contributed by atoms with Crippen molar-refractivity contribution in [3.05, 3.63) is 77.0 Å². The van der Waals surface area contributed by atoms with E-state index in [1.54, 1.807) is 24.8 Å². The van der Waals surface area contributed by atoms with Crippen molar-refractivity contribution < 1.29 is 21.4 Å². The summed E-state index contributed by atoms with van der Waals surface area (Å²) < 4.78 is 45.0. The maximum atomic E-state index is 15.5. The minimum absolute atomic E-state index is 0.0523. The number of nitrogens with zero attached hydrogens (tertiary/aromatic N) is 4. The zero-order chi connectivity index (χ0) is 25.6. The zero-order valence-electron chi connectivity index (χ0n) is 21.1. The molecular weight excluding hydrogens is 435 g/mol. The molecule has 0 aliphatic carbocycles. The largest absolute Gasteiger partial charge is 0.489 e. The molecule has 2 aromatic heterocycles. The maximum absolute atomic E-state index is 15.5. The van der Waals surface area contributed by atoms with E-state index in [0.717, 1.165) is 15.8 Å². The number of benzene rings is 2. The standard InChI is InChI=1S/C26H25FN4O3/c1-16-11-17(18-6-7-24(34-10-9-33-3)25-21(18)13-30(2)29-25)12-22(27)20(16)14-31-15-23-19(26(31)32)5-4-8-28-23/h4-8,11-13H,9-10,14-15H2,1-3H3/i15D2. The van der Waals surface area contributed by atoms with Crippen LogP contribution in [0, 0.1) is 12.7 Å². The predicted molar refractivity (Wildman–Crippen MR) is 126 cm³/mol. The molecule has 1 aliphatic rings. The van der Waals surface area contributed by atoms with Gasteiger partial charge in [0.2, 0.25) is 0 Å². The Morgan fingerprint density at radius 2 is 2.06 bits per heavy atom. The molecule has 5 rings (SSSR count). The molecule has 0 bridgehead atoms. The lowest BCUT2D eigenvalue weighted by atomic mass is 9.96. The highest BCUT2D eigenvalue weighted by atomic mass is 19.1. The number of ether oxygens (including phenoxy) is 2. The smallest absolute Gasteiger partial charge is 0.256 e. The van der Waals surface area contributed by atoms with E-state index in [0.29, 0.717) is 35.6 Å². The Labute approximate surface area is 199 Å². The monoisotopic (exact) mass is 462 g/mol. The van der Waals surface area contributed by atoms with E-state index in [4.69, 9.17) is 12.2 Å². The molecule has 8 heteroatoms. The van der Waals surface area contributed by atoms with Gasteiger partial charge < -0.3 is 14.4 Å². The number of halogens is 1. The molecule has 3 heterocycles. The summed E-state index contributed by atoms with van der Waals surface area (Å²) in [5, 5.41) is 5.33. The molecule has 0 fully saturated rings.